The van der Waals surface area contributed by atoms with Crippen LogP contribution in [0.1, 0.15) is 30.4 Å². The minimum atomic E-state index is -0.158. The number of unbranched alkanes of at least 4 members (excludes halogenated alkanes) is 2. The van der Waals surface area contributed by atoms with Gasteiger partial charge < -0.3 is 10.2 Å². The van der Waals surface area contributed by atoms with E-state index in [4.69, 9.17) is 0 Å². The number of fused-ring (bicyclic) bond motifs is 1. The fourth-order valence-electron chi connectivity index (χ4n) is 2.92. The van der Waals surface area contributed by atoms with E-state index < -0.39 is 0 Å². The summed E-state index contributed by atoms with van der Waals surface area (Å²) in [7, 11) is 2.13. The quantitative estimate of drug-likeness (QED) is 0.416. The summed E-state index contributed by atoms with van der Waals surface area (Å²) < 4.78 is 0. The molecule has 1 aromatic rings. The van der Waals surface area contributed by atoms with E-state index in [1.54, 1.807) is 0 Å². The Morgan fingerprint density at radius 2 is 2.27 bits per heavy atom. The number of aryl methyl sites for hydroxylation is 1. The van der Waals surface area contributed by atoms with Gasteiger partial charge in [0.15, 0.2) is 0 Å². The van der Waals surface area contributed by atoms with Crippen LogP contribution in [-0.4, -0.2) is 36.2 Å². The third-order valence-electron chi connectivity index (χ3n) is 4.17. The molecule has 3 nitrogen and oxygen atoms in total. The zero-order valence-corrected chi connectivity index (χ0v) is 14.2. The first-order valence-electron chi connectivity index (χ1n) is 8.00. The molecular weight excluding hydrogens is 292 g/mol. The van der Waals surface area contributed by atoms with Crippen molar-refractivity contribution >= 4 is 23.4 Å². The van der Waals surface area contributed by atoms with Crippen LogP contribution in [0.25, 0.3) is 0 Å². The van der Waals surface area contributed by atoms with Gasteiger partial charge in [-0.25, -0.2) is 0 Å². The van der Waals surface area contributed by atoms with Gasteiger partial charge >= 0.3 is 0 Å². The standard InChI is InChI=1S/C18H26N2OS/c1-3-10-20(2)11-6-4-5-7-14-8-9-16-15(12-14)13-17(19-16)18(21)22/h3,8-9,12,17,19H,1,4-7,10-11,13H2,2H3,(H,21,22). The van der Waals surface area contributed by atoms with Crippen LogP contribution in [0.4, 0.5) is 5.69 Å². The van der Waals surface area contributed by atoms with Crippen molar-refractivity contribution in [2.75, 3.05) is 25.5 Å². The van der Waals surface area contributed by atoms with Gasteiger partial charge in [-0.2, -0.15) is 0 Å². The van der Waals surface area contributed by atoms with Crippen molar-refractivity contribution in [1.82, 2.24) is 4.90 Å². The zero-order valence-electron chi connectivity index (χ0n) is 13.3. The Morgan fingerprint density at radius 1 is 1.45 bits per heavy atom. The van der Waals surface area contributed by atoms with Gasteiger partial charge in [-0.3, -0.25) is 4.79 Å². The van der Waals surface area contributed by atoms with Gasteiger partial charge in [-0.1, -0.05) is 24.6 Å². The monoisotopic (exact) mass is 318 g/mol. The number of benzene rings is 1. The fraction of sp³-hybridized carbons (Fsp3) is 0.500. The molecule has 22 heavy (non-hydrogen) atoms. The molecule has 1 atom stereocenters. The van der Waals surface area contributed by atoms with Crippen LogP contribution < -0.4 is 5.32 Å². The Hall–Kier alpha value is -1.26. The maximum Gasteiger partial charge on any atom is 0.208 e. The average Bonchev–Trinajstić information content (AvgIpc) is 2.90. The minimum absolute atomic E-state index is 0.0820. The molecule has 1 aliphatic rings. The summed E-state index contributed by atoms with van der Waals surface area (Å²) in [5, 5.41) is 3.14. The van der Waals surface area contributed by atoms with Gasteiger partial charge in [0.05, 0.1) is 6.04 Å². The Kier molecular flexibility index (Phi) is 6.52. The van der Waals surface area contributed by atoms with Gasteiger partial charge in [0.2, 0.25) is 5.12 Å². The Bertz CT molecular complexity index is 530. The summed E-state index contributed by atoms with van der Waals surface area (Å²) >= 11 is 3.92. The Morgan fingerprint density at radius 3 is 3.00 bits per heavy atom. The molecule has 1 heterocycles. The van der Waals surface area contributed by atoms with Crippen LogP contribution in [-0.2, 0) is 17.6 Å². The van der Waals surface area contributed by atoms with E-state index in [9.17, 15) is 4.79 Å². The highest BCUT2D eigenvalue weighted by molar-refractivity contribution is 7.96. The van der Waals surface area contributed by atoms with Crippen LogP contribution in [0.5, 0.6) is 0 Å². The van der Waals surface area contributed by atoms with E-state index in [1.165, 1.54) is 30.4 Å². The third kappa shape index (κ3) is 4.89. The number of hydrogen-bond donors (Lipinski definition) is 2. The molecule has 0 radical (unpaired) electrons. The summed E-state index contributed by atoms with van der Waals surface area (Å²) in [5.41, 5.74) is 3.70. The van der Waals surface area contributed by atoms with E-state index >= 15 is 0 Å². The number of rotatable bonds is 9. The van der Waals surface area contributed by atoms with Crippen LogP contribution in [0.2, 0.25) is 0 Å². The molecule has 0 saturated carbocycles. The molecule has 0 aliphatic carbocycles. The van der Waals surface area contributed by atoms with Gasteiger partial charge in [0.25, 0.3) is 0 Å². The zero-order chi connectivity index (χ0) is 15.9. The molecule has 1 N–H and O–H groups in total. The average molecular weight is 318 g/mol. The maximum absolute atomic E-state index is 11.3. The molecule has 0 fully saturated rings. The largest absolute Gasteiger partial charge is 0.374 e. The van der Waals surface area contributed by atoms with Crippen molar-refractivity contribution in [3.05, 3.63) is 42.0 Å². The highest BCUT2D eigenvalue weighted by Gasteiger charge is 2.24. The summed E-state index contributed by atoms with van der Waals surface area (Å²) in [6.45, 7) is 5.85. The molecule has 2 rings (SSSR count). The lowest BCUT2D eigenvalue weighted by Gasteiger charge is -2.13. The molecule has 120 valence electrons. The Labute approximate surface area is 139 Å². The van der Waals surface area contributed by atoms with Crippen molar-refractivity contribution in [3.8, 4) is 0 Å². The van der Waals surface area contributed by atoms with Crippen LogP contribution in [0, 0.1) is 0 Å². The van der Waals surface area contributed by atoms with Gasteiger partial charge in [0.1, 0.15) is 0 Å². The number of likely N-dealkylation sites (N-methyl/N-ethyl adjacent to an activating group) is 1. The predicted molar refractivity (Wildman–Crippen MR) is 96.8 cm³/mol. The summed E-state index contributed by atoms with van der Waals surface area (Å²) in [5.74, 6) is 0. The molecule has 0 amide bonds. The molecule has 0 aromatic heterocycles. The topological polar surface area (TPSA) is 32.3 Å². The van der Waals surface area contributed by atoms with Crippen molar-refractivity contribution in [1.29, 1.82) is 0 Å². The van der Waals surface area contributed by atoms with E-state index in [0.29, 0.717) is 0 Å². The van der Waals surface area contributed by atoms with Crippen LogP contribution >= 0.6 is 12.6 Å². The first-order valence-corrected chi connectivity index (χ1v) is 8.45. The van der Waals surface area contributed by atoms with Crippen molar-refractivity contribution in [3.63, 3.8) is 0 Å². The smallest absolute Gasteiger partial charge is 0.208 e. The van der Waals surface area contributed by atoms with Gasteiger partial charge in [-0.15, -0.1) is 19.2 Å². The first kappa shape index (κ1) is 17.1. The van der Waals surface area contributed by atoms with Crippen LogP contribution in [0.3, 0.4) is 0 Å². The second-order valence-corrected chi connectivity index (χ2v) is 6.53. The molecule has 0 spiro atoms. The molecule has 4 heteroatoms. The predicted octanol–water partition coefficient (Wildman–Crippen LogP) is 3.31. The lowest BCUT2D eigenvalue weighted by molar-refractivity contribution is -0.111. The normalized spacial score (nSPS) is 16.4. The molecular formula is C18H26N2OS. The first-order chi connectivity index (χ1) is 10.6. The molecule has 1 unspecified atom stereocenters. The summed E-state index contributed by atoms with van der Waals surface area (Å²) in [6.07, 6.45) is 7.50. The fourth-order valence-corrected chi connectivity index (χ4v) is 3.08. The number of hydrogen-bond acceptors (Lipinski definition) is 3. The van der Waals surface area contributed by atoms with E-state index in [1.807, 2.05) is 6.08 Å². The SMILES string of the molecule is C=CCN(C)CCCCCc1ccc2c(c1)CC(C(=O)S)N2. The lowest BCUT2D eigenvalue weighted by Crippen LogP contribution is -2.22. The number of nitrogens with zero attached hydrogens (tertiary/aromatic N) is 1. The lowest BCUT2D eigenvalue weighted by atomic mass is 10.0. The number of carbonyl (C=O) groups excluding carboxylic acids is 1. The number of thiol groups is 1. The summed E-state index contributed by atoms with van der Waals surface area (Å²) in [6, 6.07) is 6.34. The summed E-state index contributed by atoms with van der Waals surface area (Å²) in [4.78, 5) is 13.6. The van der Waals surface area contributed by atoms with E-state index in [2.05, 4.69) is 54.7 Å². The molecule has 0 saturated heterocycles. The number of carbonyl (C=O) groups is 1. The second-order valence-electron chi connectivity index (χ2n) is 6.09. The number of nitrogens with one attached hydrogen (secondary N) is 1. The van der Waals surface area contributed by atoms with Crippen molar-refractivity contribution < 1.29 is 4.79 Å². The van der Waals surface area contributed by atoms with Gasteiger partial charge in [0, 0.05) is 18.7 Å². The Balaban J connectivity index is 1.73. The molecule has 0 bridgehead atoms. The maximum atomic E-state index is 11.3. The van der Waals surface area contributed by atoms with Crippen LogP contribution in [0.15, 0.2) is 30.9 Å². The third-order valence-corrected chi connectivity index (χ3v) is 4.48. The van der Waals surface area contributed by atoms with E-state index in [0.717, 1.165) is 31.6 Å². The highest BCUT2D eigenvalue weighted by Crippen LogP contribution is 2.28. The minimum Gasteiger partial charge on any atom is -0.374 e. The van der Waals surface area contributed by atoms with E-state index in [-0.39, 0.29) is 11.2 Å². The highest BCUT2D eigenvalue weighted by atomic mass is 32.1. The van der Waals surface area contributed by atoms with Crippen molar-refractivity contribution in [2.45, 2.75) is 38.1 Å². The van der Waals surface area contributed by atoms with Crippen molar-refractivity contribution in [2.24, 2.45) is 0 Å². The molecule has 1 aliphatic heterocycles. The van der Waals surface area contributed by atoms with Gasteiger partial charge in [-0.05, 0) is 50.0 Å². The second kappa shape index (κ2) is 8.39. The number of anilines is 1. The molecule has 1 aromatic carbocycles.